The third kappa shape index (κ3) is 4.87. The summed E-state index contributed by atoms with van der Waals surface area (Å²) in [6.07, 6.45) is 2.94. The highest BCUT2D eigenvalue weighted by atomic mass is 35.5. The van der Waals surface area contributed by atoms with E-state index in [-0.39, 0.29) is 30.7 Å². The number of likely N-dealkylation sites (tertiary alicyclic amines) is 1. The third-order valence-electron chi connectivity index (χ3n) is 5.68. The molecular weight excluding hydrogens is 397 g/mol. The predicted octanol–water partition coefficient (Wildman–Crippen LogP) is 2.64. The Labute approximate surface area is 178 Å². The normalized spacial score (nSPS) is 17.2. The first-order valence-electron chi connectivity index (χ1n) is 9.52. The van der Waals surface area contributed by atoms with Crippen molar-refractivity contribution in [3.05, 3.63) is 52.8 Å². The summed E-state index contributed by atoms with van der Waals surface area (Å²) in [5.41, 5.74) is 4.11. The van der Waals surface area contributed by atoms with Gasteiger partial charge in [-0.3, -0.25) is 14.8 Å². The van der Waals surface area contributed by atoms with Crippen molar-refractivity contribution in [3.8, 4) is 0 Å². The number of aromatic nitrogens is 2. The van der Waals surface area contributed by atoms with E-state index in [9.17, 15) is 4.79 Å². The molecule has 3 heterocycles. The van der Waals surface area contributed by atoms with Crippen molar-refractivity contribution >= 4 is 30.7 Å². The number of nitrogens with zero attached hydrogens (tertiary/aromatic N) is 3. The van der Waals surface area contributed by atoms with Gasteiger partial charge in [-0.1, -0.05) is 30.3 Å². The van der Waals surface area contributed by atoms with E-state index in [0.717, 1.165) is 63.2 Å². The SMILES string of the molecule is CN(C(=O)c1n[nH]c2c1CNCC2)C1CCN(Cc2ccccc2)CC1.Cl.Cl. The van der Waals surface area contributed by atoms with Crippen LogP contribution in [0.1, 0.15) is 40.2 Å². The van der Waals surface area contributed by atoms with Crippen LogP contribution in [0, 0.1) is 0 Å². The number of fused-ring (bicyclic) bond motifs is 1. The molecule has 154 valence electrons. The molecule has 0 spiro atoms. The lowest BCUT2D eigenvalue weighted by atomic mass is 10.0. The molecule has 2 aromatic rings. The van der Waals surface area contributed by atoms with E-state index < -0.39 is 0 Å². The fourth-order valence-corrected chi connectivity index (χ4v) is 4.04. The number of hydrogen-bond donors (Lipinski definition) is 2. The van der Waals surface area contributed by atoms with Gasteiger partial charge in [0.25, 0.3) is 5.91 Å². The van der Waals surface area contributed by atoms with E-state index in [4.69, 9.17) is 0 Å². The second-order valence-electron chi connectivity index (χ2n) is 7.37. The van der Waals surface area contributed by atoms with Crippen molar-refractivity contribution in [2.75, 3.05) is 26.7 Å². The lowest BCUT2D eigenvalue weighted by molar-refractivity contribution is 0.0629. The average molecular weight is 426 g/mol. The number of aromatic amines is 1. The molecule has 0 radical (unpaired) electrons. The molecule has 4 rings (SSSR count). The Morgan fingerprint density at radius 1 is 1.21 bits per heavy atom. The lowest BCUT2D eigenvalue weighted by Gasteiger charge is -2.36. The fourth-order valence-electron chi connectivity index (χ4n) is 4.04. The van der Waals surface area contributed by atoms with Crippen LogP contribution in [0.4, 0.5) is 0 Å². The molecule has 8 heteroatoms. The van der Waals surface area contributed by atoms with E-state index in [1.165, 1.54) is 5.56 Å². The van der Waals surface area contributed by atoms with Gasteiger partial charge in [0.2, 0.25) is 0 Å². The van der Waals surface area contributed by atoms with Gasteiger partial charge in [-0.2, -0.15) is 5.10 Å². The zero-order valence-corrected chi connectivity index (χ0v) is 17.8. The molecule has 0 unspecified atom stereocenters. The highest BCUT2D eigenvalue weighted by Gasteiger charge is 2.29. The van der Waals surface area contributed by atoms with Crippen LogP contribution in [0.5, 0.6) is 0 Å². The number of rotatable bonds is 4. The maximum absolute atomic E-state index is 13.0. The number of carbonyl (C=O) groups excluding carboxylic acids is 1. The van der Waals surface area contributed by atoms with Crippen molar-refractivity contribution in [2.24, 2.45) is 0 Å². The Morgan fingerprint density at radius 2 is 1.93 bits per heavy atom. The standard InChI is InChI=1S/C20H27N5O.2ClH/c1-24(20(26)19-17-13-21-10-7-18(17)22-23-19)16-8-11-25(12-9-16)14-15-5-3-2-4-6-15;;/h2-6,16,21H,7-14H2,1H3,(H,22,23);2*1H. The van der Waals surface area contributed by atoms with E-state index in [0.29, 0.717) is 11.7 Å². The first-order chi connectivity index (χ1) is 12.7. The number of hydrogen-bond acceptors (Lipinski definition) is 4. The zero-order valence-electron chi connectivity index (χ0n) is 16.2. The van der Waals surface area contributed by atoms with Gasteiger partial charge in [-0.05, 0) is 18.4 Å². The van der Waals surface area contributed by atoms with E-state index in [1.54, 1.807) is 0 Å². The molecule has 2 N–H and O–H groups in total. The van der Waals surface area contributed by atoms with E-state index in [2.05, 4.69) is 50.7 Å². The molecule has 0 saturated carbocycles. The summed E-state index contributed by atoms with van der Waals surface area (Å²) < 4.78 is 0. The van der Waals surface area contributed by atoms with Crippen LogP contribution in [0.3, 0.4) is 0 Å². The highest BCUT2D eigenvalue weighted by molar-refractivity contribution is 5.94. The third-order valence-corrected chi connectivity index (χ3v) is 5.68. The van der Waals surface area contributed by atoms with Crippen molar-refractivity contribution in [1.29, 1.82) is 0 Å². The minimum atomic E-state index is 0. The summed E-state index contributed by atoms with van der Waals surface area (Å²) in [7, 11) is 1.93. The smallest absolute Gasteiger partial charge is 0.274 e. The number of nitrogens with one attached hydrogen (secondary N) is 2. The monoisotopic (exact) mass is 425 g/mol. The molecule has 28 heavy (non-hydrogen) atoms. The van der Waals surface area contributed by atoms with Crippen molar-refractivity contribution in [1.82, 2.24) is 25.3 Å². The maximum Gasteiger partial charge on any atom is 0.274 e. The summed E-state index contributed by atoms with van der Waals surface area (Å²) in [5.74, 6) is 0.0488. The molecule has 0 bridgehead atoms. The molecule has 1 aromatic heterocycles. The quantitative estimate of drug-likeness (QED) is 0.789. The maximum atomic E-state index is 13.0. The Kier molecular flexibility index (Phi) is 8.31. The van der Waals surface area contributed by atoms with Crippen LogP contribution in [0.2, 0.25) is 0 Å². The molecule has 1 amide bonds. The molecular formula is C20H29Cl2N5O. The second kappa shape index (κ2) is 10.3. The summed E-state index contributed by atoms with van der Waals surface area (Å²) in [6, 6.07) is 10.9. The number of halogens is 2. The zero-order chi connectivity index (χ0) is 17.9. The van der Waals surface area contributed by atoms with Crippen molar-refractivity contribution in [3.63, 3.8) is 0 Å². The second-order valence-corrected chi connectivity index (χ2v) is 7.37. The van der Waals surface area contributed by atoms with Gasteiger partial charge in [0.05, 0.1) is 0 Å². The van der Waals surface area contributed by atoms with Crippen LogP contribution in [-0.4, -0.2) is 58.6 Å². The molecule has 0 atom stereocenters. The van der Waals surface area contributed by atoms with Gasteiger partial charge in [0.15, 0.2) is 5.69 Å². The largest absolute Gasteiger partial charge is 0.337 e. The molecule has 2 aliphatic rings. The Hall–Kier alpha value is -1.60. The van der Waals surface area contributed by atoms with Gasteiger partial charge in [0.1, 0.15) is 0 Å². The Morgan fingerprint density at radius 3 is 2.64 bits per heavy atom. The summed E-state index contributed by atoms with van der Waals surface area (Å²) >= 11 is 0. The number of piperidine rings is 1. The molecule has 6 nitrogen and oxygen atoms in total. The van der Waals surface area contributed by atoms with Crippen LogP contribution >= 0.6 is 24.8 Å². The van der Waals surface area contributed by atoms with Gasteiger partial charge in [0, 0.05) is 63.5 Å². The summed E-state index contributed by atoms with van der Waals surface area (Å²) in [5, 5.41) is 10.7. The minimum absolute atomic E-state index is 0. The average Bonchev–Trinajstić information content (AvgIpc) is 3.12. The number of benzene rings is 1. The van der Waals surface area contributed by atoms with E-state index >= 15 is 0 Å². The minimum Gasteiger partial charge on any atom is -0.337 e. The van der Waals surface area contributed by atoms with Crippen molar-refractivity contribution < 1.29 is 4.79 Å². The molecule has 2 aliphatic heterocycles. The van der Waals surface area contributed by atoms with E-state index in [1.807, 2.05) is 11.9 Å². The molecule has 1 fully saturated rings. The van der Waals surface area contributed by atoms with Crippen LogP contribution < -0.4 is 5.32 Å². The Bertz CT molecular complexity index is 759. The predicted molar refractivity (Wildman–Crippen MR) is 115 cm³/mol. The van der Waals surface area contributed by atoms with Crippen LogP contribution in [0.25, 0.3) is 0 Å². The van der Waals surface area contributed by atoms with Gasteiger partial charge in [-0.15, -0.1) is 24.8 Å². The molecule has 1 saturated heterocycles. The first kappa shape index (κ1) is 22.7. The summed E-state index contributed by atoms with van der Waals surface area (Å²) in [6.45, 7) is 4.72. The number of amides is 1. The fraction of sp³-hybridized carbons (Fsp3) is 0.500. The van der Waals surface area contributed by atoms with Gasteiger partial charge >= 0.3 is 0 Å². The number of carbonyl (C=O) groups is 1. The molecule has 1 aromatic carbocycles. The lowest BCUT2D eigenvalue weighted by Crippen LogP contribution is -2.45. The first-order valence-corrected chi connectivity index (χ1v) is 9.52. The highest BCUT2D eigenvalue weighted by Crippen LogP contribution is 2.22. The van der Waals surface area contributed by atoms with Gasteiger partial charge in [-0.25, -0.2) is 0 Å². The van der Waals surface area contributed by atoms with Crippen LogP contribution in [-0.2, 0) is 19.5 Å². The summed E-state index contributed by atoms with van der Waals surface area (Å²) in [4.78, 5) is 17.3. The topological polar surface area (TPSA) is 64.3 Å². The number of H-pyrrole nitrogens is 1. The Balaban J connectivity index is 0.00000140. The van der Waals surface area contributed by atoms with Crippen LogP contribution in [0.15, 0.2) is 30.3 Å². The molecule has 0 aliphatic carbocycles. The van der Waals surface area contributed by atoms with Gasteiger partial charge < -0.3 is 10.2 Å². The van der Waals surface area contributed by atoms with Crippen molar-refractivity contribution in [2.45, 2.75) is 38.4 Å².